The Morgan fingerprint density at radius 2 is 1.55 bits per heavy atom. The number of nitrogens with zero attached hydrogens (tertiary/aromatic N) is 1. The maximum absolute atomic E-state index is 13.2. The van der Waals surface area contributed by atoms with E-state index in [1.54, 1.807) is 48.5 Å². The summed E-state index contributed by atoms with van der Waals surface area (Å²) < 4.78 is 82.8. The van der Waals surface area contributed by atoms with Crippen molar-refractivity contribution in [1.82, 2.24) is 5.32 Å². The molecule has 0 bridgehead atoms. The molecule has 40 heavy (non-hydrogen) atoms. The molecule has 0 saturated carbocycles. The molecule has 8 nitrogen and oxygen atoms in total. The molecule has 1 heterocycles. The van der Waals surface area contributed by atoms with E-state index >= 15 is 0 Å². The Morgan fingerprint density at radius 3 is 2.10 bits per heavy atom. The van der Waals surface area contributed by atoms with Gasteiger partial charge in [0, 0.05) is 35.8 Å². The first kappa shape index (κ1) is 30.4. The van der Waals surface area contributed by atoms with Crippen LogP contribution in [0.3, 0.4) is 0 Å². The van der Waals surface area contributed by atoms with Crippen LogP contribution in [-0.4, -0.2) is 49.1 Å². The fourth-order valence-corrected chi connectivity index (χ4v) is 4.27. The number of rotatable bonds is 10. The van der Waals surface area contributed by atoms with Crippen molar-refractivity contribution in [1.29, 1.82) is 0 Å². The minimum Gasteiger partial charge on any atom is -0.497 e. The van der Waals surface area contributed by atoms with E-state index in [9.17, 15) is 40.7 Å². The third kappa shape index (κ3) is 8.20. The number of para-hydroxylation sites is 1. The second kappa shape index (κ2) is 12.4. The Bertz CT molecular complexity index is 1260. The number of methoxy groups -OCH3 is 1. The number of hydrogen-bond donors (Lipinski definition) is 3. The summed E-state index contributed by atoms with van der Waals surface area (Å²) in [7, 11) is 1.46. The van der Waals surface area contributed by atoms with Gasteiger partial charge in [0.25, 0.3) is 5.91 Å². The summed E-state index contributed by atoms with van der Waals surface area (Å²) in [5, 5.41) is 4.79. The third-order valence-electron chi connectivity index (χ3n) is 6.25. The van der Waals surface area contributed by atoms with E-state index in [1.807, 2.05) is 0 Å². The van der Waals surface area contributed by atoms with Crippen LogP contribution < -0.4 is 21.1 Å². The molecule has 216 valence electrons. The molecule has 0 aliphatic carbocycles. The molecule has 2 aromatic rings. The number of carbonyl (C=O) groups is 3. The molecule has 3 rings (SSSR count). The molecule has 3 atom stereocenters. The number of halogens is 6. The molecule has 1 aliphatic heterocycles. The number of benzodiazepines with no additional fused rings is 1. The highest BCUT2D eigenvalue weighted by atomic mass is 19.4. The van der Waals surface area contributed by atoms with Crippen LogP contribution in [0.4, 0.5) is 32.0 Å². The predicted octanol–water partition coefficient (Wildman–Crippen LogP) is 4.33. The minimum absolute atomic E-state index is 0.234. The van der Waals surface area contributed by atoms with Crippen LogP contribution in [0.1, 0.15) is 36.8 Å². The number of primary amides is 1. The summed E-state index contributed by atoms with van der Waals surface area (Å²) in [6.45, 7) is 0. The number of hydrogen-bond acceptors (Lipinski definition) is 5. The Labute approximate surface area is 225 Å². The first-order valence-corrected chi connectivity index (χ1v) is 12.0. The smallest absolute Gasteiger partial charge is 0.389 e. The van der Waals surface area contributed by atoms with Gasteiger partial charge in [0.1, 0.15) is 5.75 Å². The van der Waals surface area contributed by atoms with Crippen LogP contribution in [0.15, 0.2) is 53.5 Å². The second-order valence-corrected chi connectivity index (χ2v) is 9.08. The maximum atomic E-state index is 13.2. The fourth-order valence-electron chi connectivity index (χ4n) is 4.27. The largest absolute Gasteiger partial charge is 0.497 e. The molecule has 0 spiro atoms. The molecule has 0 aromatic heterocycles. The lowest BCUT2D eigenvalue weighted by molar-refractivity contribution is -0.152. The number of carbonyl (C=O) groups excluding carboxylic acids is 3. The SMILES string of the molecule is COc1ccc(C2=N[C@H](NC(=O)C(CCC(F)(F)F)C(CCC(F)(F)F)C(N)=O)C(=O)Nc3ccccc32)cc1. The van der Waals surface area contributed by atoms with Crippen molar-refractivity contribution in [3.8, 4) is 5.75 Å². The predicted molar refractivity (Wildman–Crippen MR) is 132 cm³/mol. The number of amides is 3. The van der Waals surface area contributed by atoms with Gasteiger partial charge < -0.3 is 21.1 Å². The van der Waals surface area contributed by atoms with E-state index in [2.05, 4.69) is 15.6 Å². The first-order valence-electron chi connectivity index (χ1n) is 12.0. The molecule has 2 unspecified atom stereocenters. The molecule has 1 aliphatic rings. The van der Waals surface area contributed by atoms with Gasteiger partial charge in [-0.05, 0) is 43.2 Å². The monoisotopic (exact) mass is 572 g/mol. The number of fused-ring (bicyclic) bond motifs is 1. The molecule has 14 heteroatoms. The zero-order valence-corrected chi connectivity index (χ0v) is 21.1. The van der Waals surface area contributed by atoms with Crippen molar-refractivity contribution >= 4 is 29.1 Å². The summed E-state index contributed by atoms with van der Waals surface area (Å²) in [5.41, 5.74) is 6.75. The quantitative estimate of drug-likeness (QED) is 0.367. The zero-order valence-electron chi connectivity index (χ0n) is 21.1. The van der Waals surface area contributed by atoms with Crippen LogP contribution in [0.2, 0.25) is 0 Å². The van der Waals surface area contributed by atoms with E-state index in [-0.39, 0.29) is 5.71 Å². The molecule has 4 N–H and O–H groups in total. The number of anilines is 1. The third-order valence-corrected chi connectivity index (χ3v) is 6.25. The van der Waals surface area contributed by atoms with E-state index in [4.69, 9.17) is 10.5 Å². The minimum atomic E-state index is -4.77. The lowest BCUT2D eigenvalue weighted by Crippen LogP contribution is -2.48. The normalized spacial score (nSPS) is 17.0. The van der Waals surface area contributed by atoms with Crippen LogP contribution in [0.25, 0.3) is 0 Å². The molecular formula is C26H26F6N4O4. The van der Waals surface area contributed by atoms with Gasteiger partial charge in [-0.25, -0.2) is 4.99 Å². The molecule has 0 saturated heterocycles. The summed E-state index contributed by atoms with van der Waals surface area (Å²) in [5.74, 6) is -6.75. The first-order chi connectivity index (χ1) is 18.7. The van der Waals surface area contributed by atoms with E-state index in [0.717, 1.165) is 0 Å². The number of alkyl halides is 6. The van der Waals surface area contributed by atoms with Crippen molar-refractivity contribution in [2.75, 3.05) is 12.4 Å². The Kier molecular flexibility index (Phi) is 9.43. The molecule has 0 radical (unpaired) electrons. The average molecular weight is 573 g/mol. The lowest BCUT2D eigenvalue weighted by Gasteiger charge is -2.26. The highest BCUT2D eigenvalue weighted by Crippen LogP contribution is 2.33. The highest BCUT2D eigenvalue weighted by Gasteiger charge is 2.40. The number of benzene rings is 2. The van der Waals surface area contributed by atoms with Crippen molar-refractivity contribution < 1.29 is 45.5 Å². The van der Waals surface area contributed by atoms with E-state index in [0.29, 0.717) is 22.6 Å². The van der Waals surface area contributed by atoms with Crippen molar-refractivity contribution in [3.63, 3.8) is 0 Å². The Hall–Kier alpha value is -4.10. The van der Waals surface area contributed by atoms with Gasteiger partial charge in [-0.3, -0.25) is 14.4 Å². The molecular weight excluding hydrogens is 546 g/mol. The van der Waals surface area contributed by atoms with Gasteiger partial charge in [-0.15, -0.1) is 0 Å². The number of nitrogens with two attached hydrogens (primary N) is 1. The molecule has 0 fully saturated rings. The summed E-state index contributed by atoms with van der Waals surface area (Å²) >= 11 is 0. The summed E-state index contributed by atoms with van der Waals surface area (Å²) in [4.78, 5) is 42.6. The standard InChI is InChI=1S/C26H26F6N4O4/c1-40-15-8-6-14(7-9-15)20-18-4-2-3-5-19(18)34-24(39)22(35-20)36-23(38)17(11-13-26(30,31)32)16(21(33)37)10-12-25(27,28)29/h2-9,16-17,22H,10-13H2,1H3,(H2,33,37)(H,34,39)(H,36,38)/t16?,17?,22-/m1/s1. The Balaban J connectivity index is 1.98. The molecule has 3 amide bonds. The lowest BCUT2D eigenvalue weighted by atomic mass is 9.83. The van der Waals surface area contributed by atoms with Crippen molar-refractivity contribution in [2.45, 2.75) is 44.2 Å². The van der Waals surface area contributed by atoms with Gasteiger partial charge in [0.15, 0.2) is 0 Å². The number of ether oxygens (including phenoxy) is 1. The molecule has 2 aromatic carbocycles. The van der Waals surface area contributed by atoms with Gasteiger partial charge in [-0.2, -0.15) is 26.3 Å². The van der Waals surface area contributed by atoms with Crippen LogP contribution >= 0.6 is 0 Å². The average Bonchev–Trinajstić information content (AvgIpc) is 3.00. The maximum Gasteiger partial charge on any atom is 0.389 e. The topological polar surface area (TPSA) is 123 Å². The van der Waals surface area contributed by atoms with Gasteiger partial charge in [0.05, 0.1) is 18.5 Å². The van der Waals surface area contributed by atoms with Crippen LogP contribution in [0, 0.1) is 11.8 Å². The number of aliphatic imine (C=N–C) groups is 1. The van der Waals surface area contributed by atoms with Gasteiger partial charge >= 0.3 is 12.4 Å². The second-order valence-electron chi connectivity index (χ2n) is 9.08. The fraction of sp³-hybridized carbons (Fsp3) is 0.385. The zero-order chi connectivity index (χ0) is 29.7. The summed E-state index contributed by atoms with van der Waals surface area (Å²) in [6, 6.07) is 13.0. The van der Waals surface area contributed by atoms with Crippen LogP contribution in [0.5, 0.6) is 5.75 Å². The van der Waals surface area contributed by atoms with E-state index < -0.39 is 73.8 Å². The van der Waals surface area contributed by atoms with Crippen LogP contribution in [-0.2, 0) is 14.4 Å². The Morgan fingerprint density at radius 1 is 0.975 bits per heavy atom. The summed E-state index contributed by atoms with van der Waals surface area (Å²) in [6.07, 6.45) is -16.3. The number of nitrogens with one attached hydrogen (secondary N) is 2. The van der Waals surface area contributed by atoms with Gasteiger partial charge in [-0.1, -0.05) is 18.2 Å². The van der Waals surface area contributed by atoms with Crippen molar-refractivity contribution in [3.05, 3.63) is 59.7 Å². The highest BCUT2D eigenvalue weighted by molar-refractivity contribution is 6.19. The van der Waals surface area contributed by atoms with E-state index in [1.165, 1.54) is 7.11 Å². The van der Waals surface area contributed by atoms with Gasteiger partial charge in [0.2, 0.25) is 18.0 Å². The van der Waals surface area contributed by atoms with Crippen molar-refractivity contribution in [2.24, 2.45) is 22.6 Å².